The molecule has 2 rings (SSSR count). The maximum absolute atomic E-state index is 12.8. The van der Waals surface area contributed by atoms with Gasteiger partial charge in [-0.2, -0.15) is 4.31 Å². The summed E-state index contributed by atoms with van der Waals surface area (Å²) in [5.41, 5.74) is 6.50. The van der Waals surface area contributed by atoms with Crippen molar-refractivity contribution in [3.8, 4) is 0 Å². The molecule has 0 radical (unpaired) electrons. The number of sulfonamides is 1. The lowest BCUT2D eigenvalue weighted by Crippen LogP contribution is -2.42. The van der Waals surface area contributed by atoms with Crippen molar-refractivity contribution in [2.24, 2.45) is 5.41 Å². The summed E-state index contributed by atoms with van der Waals surface area (Å²) in [7, 11) is -3.48. The van der Waals surface area contributed by atoms with E-state index >= 15 is 0 Å². The van der Waals surface area contributed by atoms with Crippen molar-refractivity contribution in [2.75, 3.05) is 18.8 Å². The van der Waals surface area contributed by atoms with Gasteiger partial charge in [0.1, 0.15) is 0 Å². The highest BCUT2D eigenvalue weighted by atomic mass is 79.9. The summed E-state index contributed by atoms with van der Waals surface area (Å²) >= 11 is 3.32. The summed E-state index contributed by atoms with van der Waals surface area (Å²) in [6.07, 6.45) is 4.08. The predicted molar refractivity (Wildman–Crippen MR) is 89.6 cm³/mol. The van der Waals surface area contributed by atoms with E-state index in [0.717, 1.165) is 25.7 Å². The second kappa shape index (κ2) is 6.26. The van der Waals surface area contributed by atoms with Gasteiger partial charge in [0.15, 0.2) is 0 Å². The van der Waals surface area contributed by atoms with Crippen LogP contribution in [0.1, 0.15) is 39.5 Å². The zero-order chi connectivity index (χ0) is 15.7. The van der Waals surface area contributed by atoms with Gasteiger partial charge in [0.25, 0.3) is 0 Å². The monoisotopic (exact) mass is 374 g/mol. The lowest BCUT2D eigenvalue weighted by molar-refractivity contribution is 0.141. The molecule has 0 bridgehead atoms. The van der Waals surface area contributed by atoms with Gasteiger partial charge in [0.2, 0.25) is 10.0 Å². The van der Waals surface area contributed by atoms with Gasteiger partial charge in [-0.3, -0.25) is 0 Å². The van der Waals surface area contributed by atoms with Gasteiger partial charge >= 0.3 is 0 Å². The Kier molecular flexibility index (Phi) is 5.00. The van der Waals surface area contributed by atoms with Crippen LogP contribution in [0.5, 0.6) is 0 Å². The molecule has 1 saturated heterocycles. The molecule has 0 spiro atoms. The van der Waals surface area contributed by atoms with Gasteiger partial charge in [-0.15, -0.1) is 0 Å². The Balaban J connectivity index is 2.24. The average molecular weight is 375 g/mol. The Labute approximate surface area is 135 Å². The van der Waals surface area contributed by atoms with Gasteiger partial charge in [0, 0.05) is 23.2 Å². The molecule has 0 aliphatic carbocycles. The maximum atomic E-state index is 12.8. The first-order valence-corrected chi connectivity index (χ1v) is 9.63. The van der Waals surface area contributed by atoms with Crippen molar-refractivity contribution in [3.05, 3.63) is 22.7 Å². The molecule has 6 heteroatoms. The fraction of sp³-hybridized carbons (Fsp3) is 0.600. The van der Waals surface area contributed by atoms with Crippen molar-refractivity contribution in [1.82, 2.24) is 4.31 Å². The van der Waals surface area contributed by atoms with E-state index in [4.69, 9.17) is 5.73 Å². The third kappa shape index (κ3) is 3.27. The Morgan fingerprint density at radius 1 is 1.24 bits per heavy atom. The maximum Gasteiger partial charge on any atom is 0.244 e. The predicted octanol–water partition coefficient (Wildman–Crippen LogP) is 3.62. The number of benzene rings is 1. The van der Waals surface area contributed by atoms with E-state index in [9.17, 15) is 8.42 Å². The first-order chi connectivity index (χ1) is 9.84. The van der Waals surface area contributed by atoms with E-state index in [2.05, 4.69) is 29.8 Å². The minimum atomic E-state index is -3.48. The smallest absolute Gasteiger partial charge is 0.244 e. The van der Waals surface area contributed by atoms with Crippen molar-refractivity contribution in [3.63, 3.8) is 0 Å². The van der Waals surface area contributed by atoms with Crippen LogP contribution in [0.15, 0.2) is 27.6 Å². The fourth-order valence-electron chi connectivity index (χ4n) is 3.01. The topological polar surface area (TPSA) is 63.4 Å². The fourth-order valence-corrected chi connectivity index (χ4v) is 5.42. The SMILES string of the molecule is CCC1(CC)CCN(S(=O)(=O)c2cc(N)ccc2Br)CC1. The third-order valence-corrected chi connectivity index (χ3v) is 7.75. The number of nitrogens with two attached hydrogens (primary N) is 1. The minimum absolute atomic E-state index is 0.267. The summed E-state index contributed by atoms with van der Waals surface area (Å²) in [5, 5.41) is 0. The molecular weight excluding hydrogens is 352 g/mol. The molecule has 0 atom stereocenters. The molecular formula is C15H23BrN2O2S. The van der Waals surface area contributed by atoms with E-state index in [1.807, 2.05) is 0 Å². The van der Waals surface area contributed by atoms with E-state index in [1.165, 1.54) is 6.07 Å². The van der Waals surface area contributed by atoms with Gasteiger partial charge in [0.05, 0.1) is 4.90 Å². The lowest BCUT2D eigenvalue weighted by Gasteiger charge is -2.40. The molecule has 1 aliphatic rings. The van der Waals surface area contributed by atoms with Crippen LogP contribution in [0.3, 0.4) is 0 Å². The Morgan fingerprint density at radius 2 is 1.81 bits per heavy atom. The molecule has 4 nitrogen and oxygen atoms in total. The van der Waals surface area contributed by atoms with Crippen molar-refractivity contribution < 1.29 is 8.42 Å². The first kappa shape index (κ1) is 16.8. The molecule has 1 heterocycles. The number of hydrogen-bond donors (Lipinski definition) is 1. The van der Waals surface area contributed by atoms with Crippen LogP contribution in [0.25, 0.3) is 0 Å². The average Bonchev–Trinajstić information content (AvgIpc) is 2.49. The van der Waals surface area contributed by atoms with Crippen LogP contribution in [0.4, 0.5) is 5.69 Å². The number of rotatable bonds is 4. The summed E-state index contributed by atoms with van der Waals surface area (Å²) in [6.45, 7) is 5.57. The molecule has 1 aromatic carbocycles. The molecule has 1 aromatic rings. The minimum Gasteiger partial charge on any atom is -0.399 e. The van der Waals surface area contributed by atoms with Gasteiger partial charge in [-0.1, -0.05) is 26.7 Å². The molecule has 1 aliphatic heterocycles. The van der Waals surface area contributed by atoms with Crippen LogP contribution in [-0.2, 0) is 10.0 Å². The van der Waals surface area contributed by atoms with Crippen LogP contribution in [-0.4, -0.2) is 25.8 Å². The number of anilines is 1. The molecule has 2 N–H and O–H groups in total. The second-order valence-corrected chi connectivity index (χ2v) is 8.56. The van der Waals surface area contributed by atoms with E-state index in [-0.39, 0.29) is 4.90 Å². The Hall–Kier alpha value is -0.590. The first-order valence-electron chi connectivity index (χ1n) is 7.40. The largest absolute Gasteiger partial charge is 0.399 e. The standard InChI is InChI=1S/C15H23BrN2O2S/c1-3-15(4-2)7-9-18(10-8-15)21(19,20)14-11-12(17)5-6-13(14)16/h5-6,11H,3-4,7-10,17H2,1-2H3. The number of halogens is 1. The van der Waals surface area contributed by atoms with E-state index in [0.29, 0.717) is 28.7 Å². The normalized spacial score (nSPS) is 19.6. The molecule has 0 unspecified atom stereocenters. The zero-order valence-electron chi connectivity index (χ0n) is 12.6. The number of hydrogen-bond acceptors (Lipinski definition) is 3. The van der Waals surface area contributed by atoms with Crippen molar-refractivity contribution in [1.29, 1.82) is 0 Å². The Morgan fingerprint density at radius 3 is 2.33 bits per heavy atom. The molecule has 0 saturated carbocycles. The van der Waals surface area contributed by atoms with Crippen molar-refractivity contribution >= 4 is 31.6 Å². The quantitative estimate of drug-likeness (QED) is 0.818. The van der Waals surface area contributed by atoms with Crippen LogP contribution < -0.4 is 5.73 Å². The Bertz CT molecular complexity index is 602. The molecule has 1 fully saturated rings. The summed E-state index contributed by atoms with van der Waals surface area (Å²) in [5.74, 6) is 0. The highest BCUT2D eigenvalue weighted by Gasteiger charge is 2.36. The van der Waals surface area contributed by atoms with Crippen LogP contribution >= 0.6 is 15.9 Å². The number of nitrogens with zero attached hydrogens (tertiary/aromatic N) is 1. The highest BCUT2D eigenvalue weighted by molar-refractivity contribution is 9.10. The summed E-state index contributed by atoms with van der Waals surface area (Å²) in [4.78, 5) is 0.267. The lowest BCUT2D eigenvalue weighted by atomic mass is 9.75. The van der Waals surface area contributed by atoms with Gasteiger partial charge in [-0.05, 0) is 52.4 Å². The van der Waals surface area contributed by atoms with Crippen LogP contribution in [0, 0.1) is 5.41 Å². The summed E-state index contributed by atoms with van der Waals surface area (Å²) < 4.78 is 27.7. The van der Waals surface area contributed by atoms with Gasteiger partial charge < -0.3 is 5.73 Å². The molecule has 118 valence electrons. The number of piperidine rings is 1. The zero-order valence-corrected chi connectivity index (χ0v) is 15.0. The number of nitrogen functional groups attached to an aromatic ring is 1. The molecule has 0 amide bonds. The van der Waals surface area contributed by atoms with E-state index < -0.39 is 10.0 Å². The highest BCUT2D eigenvalue weighted by Crippen LogP contribution is 2.40. The molecule has 0 aromatic heterocycles. The summed E-state index contributed by atoms with van der Waals surface area (Å²) in [6, 6.07) is 4.91. The third-order valence-electron chi connectivity index (χ3n) is 4.86. The van der Waals surface area contributed by atoms with Crippen molar-refractivity contribution in [2.45, 2.75) is 44.4 Å². The second-order valence-electron chi connectivity index (χ2n) is 5.80. The molecule has 21 heavy (non-hydrogen) atoms. The van der Waals surface area contributed by atoms with Crippen LogP contribution in [0.2, 0.25) is 0 Å². The van der Waals surface area contributed by atoms with Gasteiger partial charge in [-0.25, -0.2) is 8.42 Å². The van der Waals surface area contributed by atoms with E-state index in [1.54, 1.807) is 16.4 Å².